The van der Waals surface area contributed by atoms with Crippen LogP contribution >= 0.6 is 11.8 Å². The highest BCUT2D eigenvalue weighted by Crippen LogP contribution is 2.20. The van der Waals surface area contributed by atoms with E-state index in [2.05, 4.69) is 14.9 Å². The average Bonchev–Trinajstić information content (AvgIpc) is 2.75. The zero-order valence-electron chi connectivity index (χ0n) is 17.3. The molecule has 3 rings (SSSR count). The predicted octanol–water partition coefficient (Wildman–Crippen LogP) is 1.99. The number of amides is 1. The van der Waals surface area contributed by atoms with E-state index in [0.717, 1.165) is 17.1 Å². The standard InChI is InChI=1S/C20H23N5O5S/c1-14-11-15(2)22-20(21-14)31-13-19(27)30-12-18(26)24-9-7-23(8-10-24)16-3-5-17(6-4-16)25(28)29/h3-6,11H,7-10,12-13H2,1-2H3. The molecule has 164 valence electrons. The summed E-state index contributed by atoms with van der Waals surface area (Å²) in [6.45, 7) is 5.57. The van der Waals surface area contributed by atoms with Crippen molar-refractivity contribution in [2.45, 2.75) is 19.0 Å². The molecule has 10 nitrogen and oxygen atoms in total. The maximum Gasteiger partial charge on any atom is 0.316 e. The van der Waals surface area contributed by atoms with Gasteiger partial charge in [0.2, 0.25) is 0 Å². The lowest BCUT2D eigenvalue weighted by atomic mass is 10.2. The van der Waals surface area contributed by atoms with Gasteiger partial charge in [0.25, 0.3) is 11.6 Å². The van der Waals surface area contributed by atoms with Crippen LogP contribution in [0.2, 0.25) is 0 Å². The summed E-state index contributed by atoms with van der Waals surface area (Å²) in [5.41, 5.74) is 2.56. The first kappa shape index (κ1) is 22.5. The molecule has 0 aliphatic carbocycles. The van der Waals surface area contributed by atoms with Crippen LogP contribution in [-0.4, -0.2) is 70.2 Å². The molecule has 0 unspecified atom stereocenters. The van der Waals surface area contributed by atoms with Gasteiger partial charge < -0.3 is 14.5 Å². The fraction of sp³-hybridized carbons (Fsp3) is 0.400. The van der Waals surface area contributed by atoms with Crippen LogP contribution in [0.25, 0.3) is 0 Å². The van der Waals surface area contributed by atoms with Gasteiger partial charge >= 0.3 is 5.97 Å². The second-order valence-electron chi connectivity index (χ2n) is 7.02. The third-order valence-electron chi connectivity index (χ3n) is 4.70. The van der Waals surface area contributed by atoms with Crippen molar-refractivity contribution >= 4 is 35.0 Å². The van der Waals surface area contributed by atoms with Crippen molar-refractivity contribution in [3.05, 3.63) is 51.8 Å². The fourth-order valence-electron chi connectivity index (χ4n) is 3.16. The number of ether oxygens (including phenoxy) is 1. The van der Waals surface area contributed by atoms with Gasteiger partial charge in [-0.05, 0) is 32.0 Å². The van der Waals surface area contributed by atoms with Crippen LogP contribution in [0.4, 0.5) is 11.4 Å². The smallest absolute Gasteiger partial charge is 0.316 e. The number of hydrogen-bond donors (Lipinski definition) is 0. The number of thioether (sulfide) groups is 1. The molecular formula is C20H23N5O5S. The number of rotatable bonds is 7. The summed E-state index contributed by atoms with van der Waals surface area (Å²) in [7, 11) is 0. The van der Waals surface area contributed by atoms with Crippen molar-refractivity contribution < 1.29 is 19.2 Å². The van der Waals surface area contributed by atoms with Crippen LogP contribution in [0.5, 0.6) is 0 Å². The minimum atomic E-state index is -0.495. The van der Waals surface area contributed by atoms with Gasteiger partial charge in [-0.25, -0.2) is 9.97 Å². The number of anilines is 1. The van der Waals surface area contributed by atoms with Gasteiger partial charge in [0.15, 0.2) is 11.8 Å². The van der Waals surface area contributed by atoms with Crippen LogP contribution < -0.4 is 4.90 Å². The lowest BCUT2D eigenvalue weighted by Gasteiger charge is -2.36. The van der Waals surface area contributed by atoms with E-state index in [0.29, 0.717) is 31.3 Å². The van der Waals surface area contributed by atoms with Gasteiger partial charge in [-0.3, -0.25) is 19.7 Å². The summed E-state index contributed by atoms with van der Waals surface area (Å²) in [6.07, 6.45) is 0. The van der Waals surface area contributed by atoms with E-state index < -0.39 is 10.9 Å². The van der Waals surface area contributed by atoms with Crippen molar-refractivity contribution in [1.29, 1.82) is 0 Å². The molecule has 1 aliphatic heterocycles. The van der Waals surface area contributed by atoms with Crippen molar-refractivity contribution in [2.75, 3.05) is 43.4 Å². The van der Waals surface area contributed by atoms with E-state index in [1.54, 1.807) is 17.0 Å². The Kier molecular flexibility index (Phi) is 7.40. The van der Waals surface area contributed by atoms with Gasteiger partial charge in [0.1, 0.15) is 0 Å². The number of piperazine rings is 1. The maximum atomic E-state index is 12.4. The normalized spacial score (nSPS) is 13.7. The molecule has 2 aromatic rings. The van der Waals surface area contributed by atoms with E-state index in [1.807, 2.05) is 19.9 Å². The fourth-order valence-corrected chi connectivity index (χ4v) is 3.90. The quantitative estimate of drug-likeness (QED) is 0.207. The molecule has 1 amide bonds. The molecule has 0 bridgehead atoms. The minimum Gasteiger partial charge on any atom is -0.455 e. The molecule has 2 heterocycles. The lowest BCUT2D eigenvalue weighted by molar-refractivity contribution is -0.384. The van der Waals surface area contributed by atoms with Crippen molar-refractivity contribution in [2.24, 2.45) is 0 Å². The van der Waals surface area contributed by atoms with Crippen LogP contribution in [0.15, 0.2) is 35.5 Å². The van der Waals surface area contributed by atoms with Crippen LogP contribution in [-0.2, 0) is 14.3 Å². The molecule has 1 aromatic carbocycles. The third-order valence-corrected chi connectivity index (χ3v) is 5.52. The topological polar surface area (TPSA) is 119 Å². The number of hydrogen-bond acceptors (Lipinski definition) is 9. The molecule has 1 aliphatic rings. The molecule has 1 saturated heterocycles. The van der Waals surface area contributed by atoms with Crippen LogP contribution in [0.1, 0.15) is 11.4 Å². The highest BCUT2D eigenvalue weighted by atomic mass is 32.2. The highest BCUT2D eigenvalue weighted by Gasteiger charge is 2.22. The van der Waals surface area contributed by atoms with Gasteiger partial charge in [-0.15, -0.1) is 0 Å². The Balaban J connectivity index is 1.40. The number of carbonyl (C=O) groups excluding carboxylic acids is 2. The number of nitrogens with zero attached hydrogens (tertiary/aromatic N) is 5. The summed E-state index contributed by atoms with van der Waals surface area (Å²) in [5.74, 6) is -0.709. The molecular weight excluding hydrogens is 422 g/mol. The summed E-state index contributed by atoms with van der Waals surface area (Å²) >= 11 is 1.17. The second-order valence-corrected chi connectivity index (χ2v) is 7.97. The summed E-state index contributed by atoms with van der Waals surface area (Å²) in [5, 5.41) is 11.3. The third kappa shape index (κ3) is 6.38. The average molecular weight is 446 g/mol. The van der Waals surface area contributed by atoms with Crippen molar-refractivity contribution in [1.82, 2.24) is 14.9 Å². The Morgan fingerprint density at radius 2 is 1.71 bits per heavy atom. The van der Waals surface area contributed by atoms with Gasteiger partial charge in [-0.2, -0.15) is 0 Å². The molecule has 0 N–H and O–H groups in total. The van der Waals surface area contributed by atoms with E-state index in [4.69, 9.17) is 4.74 Å². The number of esters is 1. The number of carbonyl (C=O) groups is 2. The zero-order chi connectivity index (χ0) is 22.4. The Bertz CT molecular complexity index is 941. The number of benzene rings is 1. The number of aryl methyl sites for hydroxylation is 2. The van der Waals surface area contributed by atoms with Crippen LogP contribution in [0, 0.1) is 24.0 Å². The molecule has 1 aromatic heterocycles. The van der Waals surface area contributed by atoms with Gasteiger partial charge in [0, 0.05) is 55.4 Å². The van der Waals surface area contributed by atoms with E-state index >= 15 is 0 Å². The second kappa shape index (κ2) is 10.2. The monoisotopic (exact) mass is 445 g/mol. The Morgan fingerprint density at radius 1 is 1.10 bits per heavy atom. The highest BCUT2D eigenvalue weighted by molar-refractivity contribution is 7.99. The summed E-state index contributed by atoms with van der Waals surface area (Å²) in [6, 6.07) is 8.19. The summed E-state index contributed by atoms with van der Waals surface area (Å²) < 4.78 is 5.10. The number of nitro groups is 1. The minimum absolute atomic E-state index is 0.0318. The largest absolute Gasteiger partial charge is 0.455 e. The summed E-state index contributed by atoms with van der Waals surface area (Å²) in [4.78, 5) is 46.8. The van der Waals surface area contributed by atoms with Crippen molar-refractivity contribution in [3.8, 4) is 0 Å². The van der Waals surface area contributed by atoms with Crippen molar-refractivity contribution in [3.63, 3.8) is 0 Å². The number of nitro benzene ring substituents is 1. The van der Waals surface area contributed by atoms with E-state index in [-0.39, 0.29) is 24.0 Å². The molecule has 0 atom stereocenters. The Morgan fingerprint density at radius 3 is 2.29 bits per heavy atom. The van der Waals surface area contributed by atoms with Gasteiger partial charge in [-0.1, -0.05) is 11.8 Å². The molecule has 11 heteroatoms. The van der Waals surface area contributed by atoms with E-state index in [1.165, 1.54) is 23.9 Å². The molecule has 0 spiro atoms. The first-order valence-electron chi connectivity index (χ1n) is 9.69. The first-order chi connectivity index (χ1) is 14.8. The lowest BCUT2D eigenvalue weighted by Crippen LogP contribution is -2.50. The van der Waals surface area contributed by atoms with Crippen LogP contribution in [0.3, 0.4) is 0 Å². The SMILES string of the molecule is Cc1cc(C)nc(SCC(=O)OCC(=O)N2CCN(c3ccc([N+](=O)[O-])cc3)CC2)n1. The zero-order valence-corrected chi connectivity index (χ0v) is 18.1. The predicted molar refractivity (Wildman–Crippen MR) is 115 cm³/mol. The molecule has 1 fully saturated rings. The Labute approximate surface area is 183 Å². The number of aromatic nitrogens is 2. The first-order valence-corrected chi connectivity index (χ1v) is 10.7. The maximum absolute atomic E-state index is 12.4. The molecule has 0 radical (unpaired) electrons. The van der Waals surface area contributed by atoms with E-state index in [9.17, 15) is 19.7 Å². The Hall–Kier alpha value is -3.21. The molecule has 0 saturated carbocycles. The molecule has 31 heavy (non-hydrogen) atoms. The van der Waals surface area contributed by atoms with Gasteiger partial charge in [0.05, 0.1) is 10.7 Å². The number of non-ortho nitro benzene ring substituents is 1.